The number of halogens is 1. The summed E-state index contributed by atoms with van der Waals surface area (Å²) < 4.78 is 5.68. The lowest BCUT2D eigenvalue weighted by Crippen LogP contribution is -2.38. The largest absolute Gasteiger partial charge is 0.489 e. The molecule has 2 amide bonds. The van der Waals surface area contributed by atoms with Gasteiger partial charge < -0.3 is 14.5 Å². The first kappa shape index (κ1) is 19.6. The smallest absolute Gasteiger partial charge is 0.241 e. The van der Waals surface area contributed by atoms with E-state index in [2.05, 4.69) is 5.92 Å². The van der Waals surface area contributed by atoms with Crippen LogP contribution in [0.4, 0.5) is 11.4 Å². The van der Waals surface area contributed by atoms with Gasteiger partial charge in [-0.3, -0.25) is 9.59 Å². The van der Waals surface area contributed by atoms with E-state index < -0.39 is 0 Å². The number of rotatable bonds is 7. The van der Waals surface area contributed by atoms with E-state index in [1.165, 1.54) is 4.90 Å². The van der Waals surface area contributed by atoms with Crippen molar-refractivity contribution in [2.45, 2.75) is 25.7 Å². The predicted octanol–water partition coefficient (Wildman–Crippen LogP) is 2.70. The van der Waals surface area contributed by atoms with Crippen molar-refractivity contribution in [2.75, 3.05) is 35.4 Å². The van der Waals surface area contributed by atoms with Crippen LogP contribution in [0.1, 0.15) is 25.7 Å². The van der Waals surface area contributed by atoms with Gasteiger partial charge >= 0.3 is 0 Å². The third kappa shape index (κ3) is 4.68. The molecule has 26 heavy (non-hydrogen) atoms. The Hall–Kier alpha value is -2.70. The van der Waals surface area contributed by atoms with E-state index in [1.807, 2.05) is 6.07 Å². The minimum absolute atomic E-state index is 0.00396. The molecule has 0 aromatic heterocycles. The van der Waals surface area contributed by atoms with Gasteiger partial charge in [-0.15, -0.1) is 23.9 Å². The maximum atomic E-state index is 12.4. The molecule has 7 heteroatoms. The zero-order valence-electron chi connectivity index (χ0n) is 14.4. The molecule has 0 fully saturated rings. The molecule has 136 valence electrons. The van der Waals surface area contributed by atoms with Crippen LogP contribution in [0.2, 0.25) is 0 Å². The number of anilines is 2. The predicted molar refractivity (Wildman–Crippen MR) is 100 cm³/mol. The number of carbonyl (C=O) groups is 2. The highest BCUT2D eigenvalue weighted by atomic mass is 35.5. The molecule has 0 spiro atoms. The van der Waals surface area contributed by atoms with E-state index in [1.54, 1.807) is 23.1 Å². The lowest BCUT2D eigenvalue weighted by molar-refractivity contribution is -0.119. The molecule has 0 aliphatic carbocycles. The number of nitrogens with zero attached hydrogens (tertiary/aromatic N) is 3. The van der Waals surface area contributed by atoms with Gasteiger partial charge in [0.25, 0.3) is 0 Å². The van der Waals surface area contributed by atoms with Gasteiger partial charge in [-0.1, -0.05) is 0 Å². The van der Waals surface area contributed by atoms with Gasteiger partial charge in [0.2, 0.25) is 11.8 Å². The Balaban J connectivity index is 2.23. The SMILES string of the molecule is C#CCCCC(=O)N1CCOc2cc(N(CCC#N)C(=O)CCl)ccc21. The Bertz CT molecular complexity index is 751. The van der Waals surface area contributed by atoms with Crippen molar-refractivity contribution in [3.8, 4) is 24.2 Å². The van der Waals surface area contributed by atoms with Crippen LogP contribution in [0.3, 0.4) is 0 Å². The highest BCUT2D eigenvalue weighted by Crippen LogP contribution is 2.36. The number of terminal acetylenes is 1. The second kappa shape index (κ2) is 9.70. The van der Waals surface area contributed by atoms with E-state index in [-0.39, 0.29) is 30.7 Å². The fraction of sp³-hybridized carbons (Fsp3) is 0.421. The summed E-state index contributed by atoms with van der Waals surface area (Å²) in [5.41, 5.74) is 1.26. The van der Waals surface area contributed by atoms with Crippen LogP contribution in [0.25, 0.3) is 0 Å². The van der Waals surface area contributed by atoms with Crippen LogP contribution in [-0.4, -0.2) is 37.4 Å². The number of unbranched alkanes of at least 4 members (excludes halogenated alkanes) is 1. The summed E-state index contributed by atoms with van der Waals surface area (Å²) in [7, 11) is 0. The normalized spacial score (nSPS) is 12.3. The Kier molecular flexibility index (Phi) is 7.32. The van der Waals surface area contributed by atoms with Gasteiger partial charge in [0.15, 0.2) is 0 Å². The van der Waals surface area contributed by atoms with E-state index in [4.69, 9.17) is 28.0 Å². The van der Waals surface area contributed by atoms with Crippen molar-refractivity contribution in [3.05, 3.63) is 18.2 Å². The van der Waals surface area contributed by atoms with Crippen molar-refractivity contribution in [3.63, 3.8) is 0 Å². The van der Waals surface area contributed by atoms with Crippen LogP contribution < -0.4 is 14.5 Å². The van der Waals surface area contributed by atoms with E-state index >= 15 is 0 Å². The number of hydrogen-bond acceptors (Lipinski definition) is 4. The zero-order valence-corrected chi connectivity index (χ0v) is 15.2. The maximum absolute atomic E-state index is 12.4. The Morgan fingerprint density at radius 3 is 2.88 bits per heavy atom. The van der Waals surface area contributed by atoms with Crippen LogP contribution in [0, 0.1) is 23.7 Å². The number of amides is 2. The quantitative estimate of drug-likeness (QED) is 0.418. The minimum Gasteiger partial charge on any atom is -0.489 e. The number of nitriles is 1. The monoisotopic (exact) mass is 373 g/mol. The van der Waals surface area contributed by atoms with Crippen LogP contribution in [-0.2, 0) is 9.59 Å². The minimum atomic E-state index is -0.292. The number of carbonyl (C=O) groups excluding carboxylic acids is 2. The van der Waals surface area contributed by atoms with Gasteiger partial charge in [-0.2, -0.15) is 5.26 Å². The Morgan fingerprint density at radius 2 is 2.19 bits per heavy atom. The molecule has 0 N–H and O–H groups in total. The summed E-state index contributed by atoms with van der Waals surface area (Å²) in [4.78, 5) is 27.6. The van der Waals surface area contributed by atoms with Gasteiger partial charge in [-0.25, -0.2) is 0 Å². The number of ether oxygens (including phenoxy) is 1. The molecule has 6 nitrogen and oxygen atoms in total. The van der Waals surface area contributed by atoms with E-state index in [0.29, 0.717) is 49.5 Å². The first-order valence-corrected chi connectivity index (χ1v) is 8.89. The second-order valence-corrected chi connectivity index (χ2v) is 5.96. The van der Waals surface area contributed by atoms with Crippen LogP contribution in [0.5, 0.6) is 5.75 Å². The average Bonchev–Trinajstić information content (AvgIpc) is 2.67. The fourth-order valence-corrected chi connectivity index (χ4v) is 2.89. The van der Waals surface area contributed by atoms with Gasteiger partial charge in [0, 0.05) is 31.1 Å². The summed E-state index contributed by atoms with van der Waals surface area (Å²) in [6.45, 7) is 1.09. The van der Waals surface area contributed by atoms with Gasteiger partial charge in [0.1, 0.15) is 18.2 Å². The summed E-state index contributed by atoms with van der Waals surface area (Å²) >= 11 is 5.67. The molecule has 0 unspecified atom stereocenters. The van der Waals surface area contributed by atoms with Gasteiger partial charge in [0.05, 0.1) is 24.7 Å². The Morgan fingerprint density at radius 1 is 1.38 bits per heavy atom. The summed E-state index contributed by atoms with van der Waals surface area (Å²) in [6.07, 6.45) is 7.01. The molecule has 1 aliphatic rings. The van der Waals surface area contributed by atoms with Crippen LogP contribution >= 0.6 is 11.6 Å². The fourth-order valence-electron chi connectivity index (χ4n) is 2.74. The van der Waals surface area contributed by atoms with Crippen molar-refractivity contribution < 1.29 is 14.3 Å². The highest BCUT2D eigenvalue weighted by Gasteiger charge is 2.25. The third-order valence-electron chi connectivity index (χ3n) is 3.99. The maximum Gasteiger partial charge on any atom is 0.241 e. The summed E-state index contributed by atoms with van der Waals surface area (Å²) in [5, 5.41) is 8.79. The molecule has 0 saturated carbocycles. The summed E-state index contributed by atoms with van der Waals surface area (Å²) in [6, 6.07) is 7.21. The first-order valence-electron chi connectivity index (χ1n) is 8.36. The molecule has 1 aromatic carbocycles. The molecule has 1 heterocycles. The third-order valence-corrected chi connectivity index (χ3v) is 4.22. The molecule has 0 bridgehead atoms. The number of fused-ring (bicyclic) bond motifs is 1. The summed E-state index contributed by atoms with van der Waals surface area (Å²) in [5.74, 6) is 2.59. The van der Waals surface area contributed by atoms with Crippen molar-refractivity contribution >= 4 is 34.8 Å². The standard InChI is InChI=1S/C19H20ClN3O3/c1-2-3-4-6-18(24)23-11-12-26-17-13-15(7-8-16(17)23)22(10-5-9-21)19(25)14-20/h1,7-8,13H,3-6,10-12,14H2. The second-order valence-electron chi connectivity index (χ2n) is 5.69. The Labute approximate surface area is 158 Å². The number of alkyl halides is 1. The first-order chi connectivity index (χ1) is 12.6. The highest BCUT2D eigenvalue weighted by molar-refractivity contribution is 6.29. The molecule has 0 atom stereocenters. The van der Waals surface area contributed by atoms with Crippen LogP contribution in [0.15, 0.2) is 18.2 Å². The van der Waals surface area contributed by atoms with Gasteiger partial charge in [-0.05, 0) is 18.6 Å². The molecule has 1 aliphatic heterocycles. The lowest BCUT2D eigenvalue weighted by Gasteiger charge is -2.31. The lowest BCUT2D eigenvalue weighted by atomic mass is 10.1. The topological polar surface area (TPSA) is 73.6 Å². The molecule has 2 rings (SSSR count). The zero-order chi connectivity index (χ0) is 18.9. The van der Waals surface area contributed by atoms with Crippen molar-refractivity contribution in [2.24, 2.45) is 0 Å². The molecule has 1 aromatic rings. The molecule has 0 saturated heterocycles. The van der Waals surface area contributed by atoms with Crippen molar-refractivity contribution in [1.29, 1.82) is 5.26 Å². The number of benzene rings is 1. The van der Waals surface area contributed by atoms with Crippen molar-refractivity contribution in [1.82, 2.24) is 0 Å². The molecular weight excluding hydrogens is 354 g/mol. The van der Waals surface area contributed by atoms with E-state index in [9.17, 15) is 9.59 Å². The number of hydrogen-bond donors (Lipinski definition) is 0. The average molecular weight is 374 g/mol. The molecular formula is C19H20ClN3O3. The molecule has 0 radical (unpaired) electrons. The van der Waals surface area contributed by atoms with E-state index in [0.717, 1.165) is 0 Å².